The fraction of sp³-hybridized carbons (Fsp3) is 0.211. The molecule has 0 bridgehead atoms. The molecule has 0 spiro atoms. The zero-order chi connectivity index (χ0) is 30.0. The predicted molar refractivity (Wildman–Crippen MR) is 173 cm³/mol. The summed E-state index contributed by atoms with van der Waals surface area (Å²) >= 11 is 0. The van der Waals surface area contributed by atoms with Crippen LogP contribution in [0.1, 0.15) is 51.2 Å². The van der Waals surface area contributed by atoms with Gasteiger partial charge in [-0.1, -0.05) is 75.4 Å². The predicted octanol–water partition coefficient (Wildman–Crippen LogP) is 10.3. The number of benzene rings is 3. The molecular weight excluding hydrogens is 514 g/mol. The average molecular weight is 552 g/mol. The Bertz CT molecular complexity index is 1570. The summed E-state index contributed by atoms with van der Waals surface area (Å²) in [6.45, 7) is 9.93. The van der Waals surface area contributed by atoms with Gasteiger partial charge in [0, 0.05) is 28.1 Å². The lowest BCUT2D eigenvalue weighted by Crippen LogP contribution is -2.15. The van der Waals surface area contributed by atoms with Gasteiger partial charge in [0.1, 0.15) is 29.2 Å². The zero-order valence-electron chi connectivity index (χ0n) is 24.7. The van der Waals surface area contributed by atoms with Crippen LogP contribution in [0.5, 0.6) is 0 Å². The Balaban J connectivity index is 1.58. The third-order valence-electron chi connectivity index (χ3n) is 6.99. The van der Waals surface area contributed by atoms with Gasteiger partial charge in [0.25, 0.3) is 0 Å². The van der Waals surface area contributed by atoms with Crippen molar-refractivity contribution in [3.05, 3.63) is 144 Å². The number of ether oxygens (including phenoxy) is 1. The third kappa shape index (κ3) is 7.78. The molecule has 3 aromatic rings. The molecule has 0 saturated carbocycles. The van der Waals surface area contributed by atoms with Crippen molar-refractivity contribution in [3.63, 3.8) is 0 Å². The Morgan fingerprint density at radius 1 is 0.810 bits per heavy atom. The summed E-state index contributed by atoms with van der Waals surface area (Å²) in [6.07, 6.45) is 13.8. The van der Waals surface area contributed by atoms with E-state index in [1.807, 2.05) is 57.2 Å². The van der Waals surface area contributed by atoms with Crippen molar-refractivity contribution in [1.82, 2.24) is 0 Å². The van der Waals surface area contributed by atoms with Gasteiger partial charge in [-0.2, -0.15) is 10.5 Å². The van der Waals surface area contributed by atoms with Gasteiger partial charge < -0.3 is 9.64 Å². The van der Waals surface area contributed by atoms with Crippen LogP contribution in [-0.2, 0) is 11.2 Å². The van der Waals surface area contributed by atoms with Crippen molar-refractivity contribution in [1.29, 1.82) is 10.5 Å². The van der Waals surface area contributed by atoms with E-state index < -0.39 is 0 Å². The maximum absolute atomic E-state index is 9.41. The van der Waals surface area contributed by atoms with E-state index >= 15 is 0 Å². The largest absolute Gasteiger partial charge is 0.461 e. The Morgan fingerprint density at radius 3 is 2.02 bits per heavy atom. The average Bonchev–Trinajstić information content (AvgIpc) is 3.00. The van der Waals surface area contributed by atoms with Crippen molar-refractivity contribution < 1.29 is 4.74 Å². The van der Waals surface area contributed by atoms with Crippen LogP contribution in [0.2, 0.25) is 0 Å². The van der Waals surface area contributed by atoms with E-state index in [9.17, 15) is 10.5 Å². The highest BCUT2D eigenvalue weighted by molar-refractivity contribution is 5.77. The van der Waals surface area contributed by atoms with Gasteiger partial charge >= 0.3 is 0 Å². The molecule has 1 aliphatic rings. The van der Waals surface area contributed by atoms with Crippen molar-refractivity contribution in [3.8, 4) is 12.1 Å². The number of nitriles is 2. The lowest BCUT2D eigenvalue weighted by Gasteiger charge is -2.26. The molecular formula is C38H37N3O. The lowest BCUT2D eigenvalue weighted by molar-refractivity contribution is 0.223. The number of hydrogen-bond acceptors (Lipinski definition) is 4. The molecule has 0 fully saturated rings. The summed E-state index contributed by atoms with van der Waals surface area (Å²) in [6, 6.07) is 31.6. The van der Waals surface area contributed by atoms with E-state index in [4.69, 9.17) is 4.74 Å². The van der Waals surface area contributed by atoms with Crippen LogP contribution in [-0.4, -0.2) is 0 Å². The van der Waals surface area contributed by atoms with E-state index in [-0.39, 0.29) is 11.0 Å². The molecule has 0 aromatic heterocycles. The normalized spacial score (nSPS) is 12.9. The molecule has 0 aliphatic carbocycles. The summed E-state index contributed by atoms with van der Waals surface area (Å²) < 4.78 is 6.14. The summed E-state index contributed by atoms with van der Waals surface area (Å²) in [7, 11) is 0. The maximum atomic E-state index is 9.41. The molecule has 42 heavy (non-hydrogen) atoms. The Labute approximate surface area is 250 Å². The molecule has 4 heteroatoms. The van der Waals surface area contributed by atoms with E-state index in [2.05, 4.69) is 84.3 Å². The van der Waals surface area contributed by atoms with Gasteiger partial charge in [0.2, 0.25) is 0 Å². The molecule has 0 saturated heterocycles. The first-order valence-corrected chi connectivity index (χ1v) is 14.3. The van der Waals surface area contributed by atoms with Crippen LogP contribution in [0.25, 0.3) is 6.08 Å². The number of para-hydroxylation sites is 1. The minimum Gasteiger partial charge on any atom is -0.461 e. The van der Waals surface area contributed by atoms with Crippen LogP contribution in [0.15, 0.2) is 132 Å². The number of hydrogen-bond donors (Lipinski definition) is 0. The lowest BCUT2D eigenvalue weighted by atomic mass is 9.90. The molecule has 1 heterocycles. The van der Waals surface area contributed by atoms with Gasteiger partial charge in [0.15, 0.2) is 0 Å². The van der Waals surface area contributed by atoms with Crippen LogP contribution in [0, 0.1) is 28.1 Å². The van der Waals surface area contributed by atoms with Crippen LogP contribution in [0.4, 0.5) is 17.1 Å². The summed E-state index contributed by atoms with van der Waals surface area (Å²) in [5, 5.41) is 18.8. The number of anilines is 3. The first-order valence-electron chi connectivity index (χ1n) is 14.3. The monoisotopic (exact) mass is 551 g/mol. The number of aryl methyl sites for hydroxylation is 1. The highest BCUT2D eigenvalue weighted by Crippen LogP contribution is 2.36. The van der Waals surface area contributed by atoms with E-state index in [1.54, 1.807) is 12.2 Å². The molecule has 4 nitrogen and oxygen atoms in total. The van der Waals surface area contributed by atoms with E-state index in [0.717, 1.165) is 41.9 Å². The second-order valence-electron chi connectivity index (χ2n) is 11.3. The summed E-state index contributed by atoms with van der Waals surface area (Å²) in [5.41, 5.74) is 5.95. The van der Waals surface area contributed by atoms with Gasteiger partial charge in [-0.15, -0.1) is 6.58 Å². The Kier molecular flexibility index (Phi) is 9.99. The number of unbranched alkanes of at least 4 members (excludes halogenated alkanes) is 2. The smallest absolute Gasteiger partial charge is 0.137 e. The van der Waals surface area contributed by atoms with E-state index in [0.29, 0.717) is 17.1 Å². The van der Waals surface area contributed by atoms with Gasteiger partial charge in [-0.3, -0.25) is 0 Å². The molecule has 0 amide bonds. The first-order chi connectivity index (χ1) is 20.3. The standard InChI is InChI=1S/C38H37N3O/c1-5-6-7-9-12-29-15-20-34(21-16-29)41(33-13-10-8-11-14-33)35-22-17-30(18-23-35)19-24-36-25-31(32(27-39)28-40)26-37(42-36)38(2,3)4/h5,8,10-11,13-26H,1,6-7,9,12H2,2-4H3/b24-19+. The fourth-order valence-corrected chi connectivity index (χ4v) is 4.64. The topological polar surface area (TPSA) is 60.0 Å². The van der Waals surface area contributed by atoms with Gasteiger partial charge in [-0.05, 0) is 91.4 Å². The quantitative estimate of drug-likeness (QED) is 0.143. The Hall–Kier alpha value is -5.06. The molecule has 1 aliphatic heterocycles. The fourth-order valence-electron chi connectivity index (χ4n) is 4.64. The van der Waals surface area contributed by atoms with Crippen LogP contribution in [0.3, 0.4) is 0 Å². The maximum Gasteiger partial charge on any atom is 0.137 e. The molecule has 0 N–H and O–H groups in total. The van der Waals surface area contributed by atoms with Crippen molar-refractivity contribution >= 4 is 23.1 Å². The van der Waals surface area contributed by atoms with Crippen molar-refractivity contribution in [2.45, 2.75) is 46.5 Å². The SMILES string of the molecule is C=CCCCCc1ccc(N(c2ccccc2)c2ccc(/C=C/C3=CC(=C(C#N)C#N)C=C(C(C)(C)C)O3)cc2)cc1. The molecule has 0 radical (unpaired) electrons. The molecule has 210 valence electrons. The molecule has 0 unspecified atom stereocenters. The van der Waals surface area contributed by atoms with Crippen molar-refractivity contribution in [2.24, 2.45) is 5.41 Å². The van der Waals surface area contributed by atoms with Crippen LogP contribution >= 0.6 is 0 Å². The first kappa shape index (κ1) is 29.9. The Morgan fingerprint density at radius 2 is 1.43 bits per heavy atom. The molecule has 0 atom stereocenters. The number of allylic oxidation sites excluding steroid dienone is 7. The second kappa shape index (κ2) is 14.0. The number of nitrogens with zero attached hydrogens (tertiary/aromatic N) is 3. The highest BCUT2D eigenvalue weighted by Gasteiger charge is 2.24. The van der Waals surface area contributed by atoms with Crippen molar-refractivity contribution in [2.75, 3.05) is 4.90 Å². The third-order valence-corrected chi connectivity index (χ3v) is 6.99. The summed E-state index contributed by atoms with van der Waals surface area (Å²) in [5.74, 6) is 1.29. The van der Waals surface area contributed by atoms with Crippen LogP contribution < -0.4 is 4.90 Å². The molecule has 3 aromatic carbocycles. The second-order valence-corrected chi connectivity index (χ2v) is 11.3. The minimum atomic E-state index is -0.277. The molecule has 4 rings (SSSR count). The highest BCUT2D eigenvalue weighted by atomic mass is 16.5. The minimum absolute atomic E-state index is 0.0667. The van der Waals surface area contributed by atoms with Gasteiger partial charge in [0.05, 0.1) is 0 Å². The van der Waals surface area contributed by atoms with Gasteiger partial charge in [-0.25, -0.2) is 0 Å². The zero-order valence-corrected chi connectivity index (χ0v) is 24.7. The summed E-state index contributed by atoms with van der Waals surface area (Å²) in [4.78, 5) is 2.25. The number of rotatable bonds is 10. The van der Waals surface area contributed by atoms with E-state index in [1.165, 1.54) is 12.0 Å².